The lowest BCUT2D eigenvalue weighted by molar-refractivity contribution is -0.119. The van der Waals surface area contributed by atoms with E-state index in [-0.39, 0.29) is 25.7 Å². The Morgan fingerprint density at radius 2 is 2.32 bits per heavy atom. The van der Waals surface area contributed by atoms with E-state index in [2.05, 4.69) is 16.4 Å². The fourth-order valence-electron chi connectivity index (χ4n) is 3.63. The van der Waals surface area contributed by atoms with Gasteiger partial charge in [0.1, 0.15) is 30.8 Å². The Balaban J connectivity index is 1.65. The predicted molar refractivity (Wildman–Crippen MR) is 109 cm³/mol. The molecule has 2 aliphatic heterocycles. The number of nitriles is 1. The van der Waals surface area contributed by atoms with E-state index in [0.29, 0.717) is 36.2 Å². The predicted octanol–water partition coefficient (Wildman–Crippen LogP) is 1.09. The highest BCUT2D eigenvalue weighted by atomic mass is 16.6. The third kappa shape index (κ3) is 3.97. The van der Waals surface area contributed by atoms with Crippen molar-refractivity contribution in [2.75, 3.05) is 37.1 Å². The monoisotopic (exact) mass is 426 g/mol. The molecule has 2 aromatic rings. The Bertz CT molecular complexity index is 1050. The quantitative estimate of drug-likeness (QED) is 0.669. The number of cyclic esters (lactones) is 1. The fourth-order valence-corrected chi connectivity index (χ4v) is 3.63. The maximum atomic E-state index is 12.2. The molecule has 31 heavy (non-hydrogen) atoms. The van der Waals surface area contributed by atoms with E-state index in [0.717, 1.165) is 5.56 Å². The molecule has 0 bridgehead atoms. The summed E-state index contributed by atoms with van der Waals surface area (Å²) in [6.07, 6.45) is 1.41. The zero-order valence-electron chi connectivity index (χ0n) is 16.9. The van der Waals surface area contributed by atoms with Crippen molar-refractivity contribution in [1.82, 2.24) is 9.55 Å². The minimum atomic E-state index is -0.680. The molecule has 0 saturated carbocycles. The molecule has 4 rings (SSSR count). The second-order valence-electron chi connectivity index (χ2n) is 7.19. The van der Waals surface area contributed by atoms with Gasteiger partial charge in [0.2, 0.25) is 5.91 Å². The highest BCUT2D eigenvalue weighted by molar-refractivity contribution is 5.89. The number of carbonyl (C=O) groups is 2. The van der Waals surface area contributed by atoms with E-state index in [4.69, 9.17) is 25.2 Å². The maximum Gasteiger partial charge on any atom is 0.416 e. The lowest BCUT2D eigenvalue weighted by Gasteiger charge is -2.17. The van der Waals surface area contributed by atoms with Crippen molar-refractivity contribution in [3.63, 3.8) is 0 Å². The summed E-state index contributed by atoms with van der Waals surface area (Å²) in [5, 5.41) is 12.1. The molecule has 1 aromatic heterocycles. The topological polar surface area (TPSA) is 145 Å². The van der Waals surface area contributed by atoms with Crippen LogP contribution in [0.15, 0.2) is 24.4 Å². The first kappa shape index (κ1) is 20.5. The van der Waals surface area contributed by atoms with Crippen LogP contribution in [0.4, 0.5) is 16.3 Å². The number of nitrogens with two attached hydrogens (primary N) is 1. The number of carbonyl (C=O) groups excluding carboxylic acids is 2. The summed E-state index contributed by atoms with van der Waals surface area (Å²) >= 11 is 0. The van der Waals surface area contributed by atoms with Crippen molar-refractivity contribution in [2.24, 2.45) is 5.73 Å². The van der Waals surface area contributed by atoms with E-state index in [1.165, 1.54) is 12.0 Å². The standard InChI is InChI=1S/C20H22N6O5/c1-29-11-15(18(22)27)23-12-2-3-14-16(8-12)30-7-6-25-9-17(24-19(14)25)26-13(4-5-21)10-31-20(26)28/h2-3,8-9,13,15,23H,4,6-7,10-11H2,1H3,(H2,22,27)/t13-,15?/m1/s1. The number of fused-ring (bicyclic) bond motifs is 3. The van der Waals surface area contributed by atoms with Gasteiger partial charge in [0.25, 0.3) is 0 Å². The van der Waals surface area contributed by atoms with Gasteiger partial charge in [0.15, 0.2) is 5.82 Å². The van der Waals surface area contributed by atoms with Crippen LogP contribution in [-0.2, 0) is 20.8 Å². The third-order valence-corrected chi connectivity index (χ3v) is 5.13. The Kier molecular flexibility index (Phi) is 5.64. The number of nitrogens with zero attached hydrogens (tertiary/aromatic N) is 4. The van der Waals surface area contributed by atoms with Gasteiger partial charge in [-0.15, -0.1) is 0 Å². The summed E-state index contributed by atoms with van der Waals surface area (Å²) < 4.78 is 17.9. The van der Waals surface area contributed by atoms with E-state index in [1.54, 1.807) is 18.3 Å². The van der Waals surface area contributed by atoms with Crippen molar-refractivity contribution in [1.29, 1.82) is 5.26 Å². The number of benzene rings is 1. The summed E-state index contributed by atoms with van der Waals surface area (Å²) in [6.45, 7) is 1.21. The van der Waals surface area contributed by atoms with Gasteiger partial charge in [-0.2, -0.15) is 5.26 Å². The summed E-state index contributed by atoms with van der Waals surface area (Å²) in [4.78, 5) is 29.9. The zero-order chi connectivity index (χ0) is 22.0. The molecule has 1 aromatic carbocycles. The van der Waals surface area contributed by atoms with Crippen LogP contribution in [-0.4, -0.2) is 60.6 Å². The van der Waals surface area contributed by atoms with Crippen LogP contribution in [0, 0.1) is 11.3 Å². The van der Waals surface area contributed by atoms with Crippen LogP contribution >= 0.6 is 0 Å². The molecule has 2 atom stereocenters. The average Bonchev–Trinajstić information content (AvgIpc) is 3.26. The van der Waals surface area contributed by atoms with Crippen LogP contribution in [0.2, 0.25) is 0 Å². The molecule has 0 aliphatic carbocycles. The Hall–Kier alpha value is -3.78. The highest BCUT2D eigenvalue weighted by Gasteiger charge is 2.36. The van der Waals surface area contributed by atoms with E-state index in [9.17, 15) is 9.59 Å². The number of methoxy groups -OCH3 is 1. The summed E-state index contributed by atoms with van der Waals surface area (Å²) in [6, 6.07) is 6.42. The maximum absolute atomic E-state index is 12.2. The van der Waals surface area contributed by atoms with Gasteiger partial charge in [-0.1, -0.05) is 0 Å². The number of amides is 2. The molecule has 3 heterocycles. The van der Waals surface area contributed by atoms with Crippen molar-refractivity contribution >= 4 is 23.5 Å². The molecular weight excluding hydrogens is 404 g/mol. The van der Waals surface area contributed by atoms with Gasteiger partial charge in [-0.05, 0) is 12.1 Å². The third-order valence-electron chi connectivity index (χ3n) is 5.13. The Morgan fingerprint density at radius 1 is 1.48 bits per heavy atom. The van der Waals surface area contributed by atoms with Gasteiger partial charge >= 0.3 is 6.09 Å². The number of nitrogens with one attached hydrogen (secondary N) is 1. The number of anilines is 2. The summed E-state index contributed by atoms with van der Waals surface area (Å²) in [7, 11) is 1.49. The molecule has 0 radical (unpaired) electrons. The molecule has 3 N–H and O–H groups in total. The number of ether oxygens (including phenoxy) is 3. The van der Waals surface area contributed by atoms with Crippen molar-refractivity contribution < 1.29 is 23.8 Å². The number of hydrogen-bond donors (Lipinski definition) is 2. The minimum Gasteiger partial charge on any atom is -0.491 e. The number of rotatable bonds is 7. The zero-order valence-corrected chi connectivity index (χ0v) is 16.9. The lowest BCUT2D eigenvalue weighted by atomic mass is 10.1. The molecule has 2 amide bonds. The summed E-state index contributed by atoms with van der Waals surface area (Å²) in [5.74, 6) is 1.12. The smallest absolute Gasteiger partial charge is 0.416 e. The number of aromatic nitrogens is 2. The van der Waals surface area contributed by atoms with Crippen LogP contribution in [0.25, 0.3) is 11.4 Å². The van der Waals surface area contributed by atoms with Crippen molar-refractivity contribution in [3.05, 3.63) is 24.4 Å². The van der Waals surface area contributed by atoms with E-state index < -0.39 is 18.0 Å². The molecule has 1 fully saturated rings. The SMILES string of the molecule is COCC(Nc1ccc2c(c1)OCCn1cc(N3C(=O)OC[C@H]3CC#N)nc1-2)C(N)=O. The Labute approximate surface area is 178 Å². The molecular formula is C20H22N6O5. The van der Waals surface area contributed by atoms with Gasteiger partial charge in [0.05, 0.1) is 37.2 Å². The molecule has 11 heteroatoms. The highest BCUT2D eigenvalue weighted by Crippen LogP contribution is 2.36. The lowest BCUT2D eigenvalue weighted by Crippen LogP contribution is -2.38. The number of hydrogen-bond acceptors (Lipinski definition) is 8. The van der Waals surface area contributed by atoms with Crippen LogP contribution in [0.3, 0.4) is 0 Å². The van der Waals surface area contributed by atoms with Crippen molar-refractivity contribution in [2.45, 2.75) is 25.0 Å². The van der Waals surface area contributed by atoms with Gasteiger partial charge in [-0.3, -0.25) is 9.69 Å². The second kappa shape index (κ2) is 8.53. The first-order valence-corrected chi connectivity index (χ1v) is 9.74. The van der Waals surface area contributed by atoms with Crippen molar-refractivity contribution in [3.8, 4) is 23.2 Å². The second-order valence-corrected chi connectivity index (χ2v) is 7.19. The van der Waals surface area contributed by atoms with Gasteiger partial charge in [0, 0.05) is 25.1 Å². The average molecular weight is 426 g/mol. The molecule has 2 aliphatic rings. The van der Waals surface area contributed by atoms with Crippen LogP contribution < -0.4 is 20.7 Å². The molecule has 1 saturated heterocycles. The van der Waals surface area contributed by atoms with Crippen LogP contribution in [0.1, 0.15) is 6.42 Å². The summed E-state index contributed by atoms with van der Waals surface area (Å²) in [5.41, 5.74) is 6.80. The first-order chi connectivity index (χ1) is 15.0. The van der Waals surface area contributed by atoms with E-state index >= 15 is 0 Å². The van der Waals surface area contributed by atoms with E-state index in [1.807, 2.05) is 10.6 Å². The molecule has 11 nitrogen and oxygen atoms in total. The van der Waals surface area contributed by atoms with Crippen LogP contribution in [0.5, 0.6) is 5.75 Å². The van der Waals surface area contributed by atoms with Gasteiger partial charge in [-0.25, -0.2) is 9.78 Å². The number of imidazole rings is 1. The normalized spacial score (nSPS) is 18.1. The largest absolute Gasteiger partial charge is 0.491 e. The fraction of sp³-hybridized carbons (Fsp3) is 0.400. The number of primary amides is 1. The molecule has 162 valence electrons. The first-order valence-electron chi connectivity index (χ1n) is 9.74. The minimum absolute atomic E-state index is 0.136. The molecule has 0 spiro atoms. The molecule has 1 unspecified atom stereocenters. The van der Waals surface area contributed by atoms with Gasteiger partial charge < -0.3 is 29.8 Å². The Morgan fingerprint density at radius 3 is 3.06 bits per heavy atom.